The van der Waals surface area contributed by atoms with E-state index in [0.717, 1.165) is 15.7 Å². The number of thiocarbonyl (C=S) groups is 1. The normalized spacial score (nSPS) is 21.9. The molecule has 0 radical (unpaired) electrons. The first-order valence-electron chi connectivity index (χ1n) is 6.73. The Morgan fingerprint density at radius 2 is 2.21 bits per heavy atom. The van der Waals surface area contributed by atoms with Gasteiger partial charge in [0.2, 0.25) is 0 Å². The van der Waals surface area contributed by atoms with Gasteiger partial charge in [0.25, 0.3) is 0 Å². The third-order valence-corrected chi connectivity index (χ3v) is 4.69. The highest BCUT2D eigenvalue weighted by atomic mass is 79.9. The Labute approximate surface area is 129 Å². The highest BCUT2D eigenvalue weighted by molar-refractivity contribution is 9.10. The molecule has 1 aliphatic carbocycles. The van der Waals surface area contributed by atoms with Crippen LogP contribution in [-0.2, 0) is 0 Å². The van der Waals surface area contributed by atoms with Gasteiger partial charge in [0, 0.05) is 21.8 Å². The lowest BCUT2D eigenvalue weighted by Crippen LogP contribution is -2.31. The van der Waals surface area contributed by atoms with E-state index in [0.29, 0.717) is 16.4 Å². The Morgan fingerprint density at radius 1 is 1.47 bits per heavy atom. The maximum Gasteiger partial charge on any atom is 0.105 e. The van der Waals surface area contributed by atoms with Crippen molar-refractivity contribution in [3.63, 3.8) is 0 Å². The maximum atomic E-state index is 5.67. The first-order chi connectivity index (χ1) is 8.87. The molecule has 0 spiro atoms. The Balaban J connectivity index is 2.07. The summed E-state index contributed by atoms with van der Waals surface area (Å²) in [6.45, 7) is 4.71. The molecule has 1 fully saturated rings. The van der Waals surface area contributed by atoms with Crippen LogP contribution in [0.1, 0.15) is 45.1 Å². The average Bonchev–Trinajstić information content (AvgIpc) is 2.27. The maximum absolute atomic E-state index is 5.67. The van der Waals surface area contributed by atoms with Crippen LogP contribution < -0.4 is 11.1 Å². The minimum atomic E-state index is 0.428. The fourth-order valence-electron chi connectivity index (χ4n) is 2.86. The van der Waals surface area contributed by atoms with E-state index < -0.39 is 0 Å². The van der Waals surface area contributed by atoms with Gasteiger partial charge in [-0.25, -0.2) is 0 Å². The Kier molecular flexibility index (Phi) is 4.51. The van der Waals surface area contributed by atoms with Gasteiger partial charge in [-0.1, -0.05) is 32.5 Å². The summed E-state index contributed by atoms with van der Waals surface area (Å²) < 4.78 is 0.958. The molecule has 0 bridgehead atoms. The van der Waals surface area contributed by atoms with Crippen molar-refractivity contribution in [1.29, 1.82) is 0 Å². The average molecular weight is 341 g/mol. The smallest absolute Gasteiger partial charge is 0.105 e. The molecule has 4 heteroatoms. The predicted octanol–water partition coefficient (Wildman–Crippen LogP) is 4.46. The highest BCUT2D eigenvalue weighted by Gasteiger charge is 2.27. The molecule has 0 aliphatic heterocycles. The van der Waals surface area contributed by atoms with Gasteiger partial charge in [-0.2, -0.15) is 0 Å². The van der Waals surface area contributed by atoms with Crippen LogP contribution in [0.4, 0.5) is 5.69 Å². The molecule has 1 aromatic carbocycles. The first-order valence-corrected chi connectivity index (χ1v) is 7.93. The number of halogens is 1. The molecule has 1 unspecified atom stereocenters. The van der Waals surface area contributed by atoms with Gasteiger partial charge in [-0.05, 0) is 58.8 Å². The zero-order valence-corrected chi connectivity index (χ0v) is 13.9. The summed E-state index contributed by atoms with van der Waals surface area (Å²) in [7, 11) is 0. The standard InChI is InChI=1S/C15H21BrN2S/c1-15(2)7-3-4-11(9-15)18-10-5-6-12(14(17)19)13(16)8-10/h5-6,8,11,18H,3-4,7,9H2,1-2H3,(H2,17,19). The molecule has 0 aromatic heterocycles. The SMILES string of the molecule is CC1(C)CCCC(Nc2ccc(C(N)=S)c(Br)c2)C1. The molecular formula is C15H21BrN2S. The summed E-state index contributed by atoms with van der Waals surface area (Å²) in [5, 5.41) is 3.63. The molecule has 1 aromatic rings. The fraction of sp³-hybridized carbons (Fsp3) is 0.533. The van der Waals surface area contributed by atoms with E-state index in [1.165, 1.54) is 25.7 Å². The van der Waals surface area contributed by atoms with Gasteiger partial charge in [-0.15, -0.1) is 0 Å². The topological polar surface area (TPSA) is 38.0 Å². The second kappa shape index (κ2) is 5.80. The van der Waals surface area contributed by atoms with Gasteiger partial charge < -0.3 is 11.1 Å². The largest absolute Gasteiger partial charge is 0.389 e. The van der Waals surface area contributed by atoms with Gasteiger partial charge in [0.05, 0.1) is 0 Å². The van der Waals surface area contributed by atoms with Crippen LogP contribution in [0.5, 0.6) is 0 Å². The van der Waals surface area contributed by atoms with Crippen molar-refractivity contribution in [2.75, 3.05) is 5.32 Å². The van der Waals surface area contributed by atoms with E-state index in [1.807, 2.05) is 6.07 Å². The molecule has 2 rings (SSSR count). The number of nitrogens with two attached hydrogens (primary N) is 1. The predicted molar refractivity (Wildman–Crippen MR) is 89.7 cm³/mol. The quantitative estimate of drug-likeness (QED) is 0.797. The van der Waals surface area contributed by atoms with Crippen molar-refractivity contribution in [2.24, 2.45) is 11.1 Å². The Hall–Kier alpha value is -0.610. The number of rotatable bonds is 3. The summed E-state index contributed by atoms with van der Waals surface area (Å²) in [5.74, 6) is 0. The Morgan fingerprint density at radius 3 is 2.79 bits per heavy atom. The van der Waals surface area contributed by atoms with Gasteiger partial charge >= 0.3 is 0 Å². The van der Waals surface area contributed by atoms with Crippen molar-refractivity contribution in [3.05, 3.63) is 28.2 Å². The lowest BCUT2D eigenvalue weighted by atomic mass is 9.75. The van der Waals surface area contributed by atoms with Crippen LogP contribution in [0.2, 0.25) is 0 Å². The van der Waals surface area contributed by atoms with Gasteiger partial charge in [0.15, 0.2) is 0 Å². The van der Waals surface area contributed by atoms with E-state index in [1.54, 1.807) is 0 Å². The molecule has 1 saturated carbocycles. The monoisotopic (exact) mass is 340 g/mol. The van der Waals surface area contributed by atoms with Crippen LogP contribution in [0.25, 0.3) is 0 Å². The van der Waals surface area contributed by atoms with Crippen molar-refractivity contribution < 1.29 is 0 Å². The zero-order valence-electron chi connectivity index (χ0n) is 11.5. The van der Waals surface area contributed by atoms with Crippen LogP contribution >= 0.6 is 28.1 Å². The molecule has 19 heavy (non-hydrogen) atoms. The van der Waals surface area contributed by atoms with Crippen molar-refractivity contribution in [1.82, 2.24) is 0 Å². The van der Waals surface area contributed by atoms with E-state index in [9.17, 15) is 0 Å². The number of hydrogen-bond acceptors (Lipinski definition) is 2. The summed E-state index contributed by atoms with van der Waals surface area (Å²) in [6.07, 6.45) is 5.10. The summed E-state index contributed by atoms with van der Waals surface area (Å²) in [5.41, 5.74) is 8.14. The zero-order chi connectivity index (χ0) is 14.0. The van der Waals surface area contributed by atoms with Crippen LogP contribution in [0, 0.1) is 5.41 Å². The first kappa shape index (κ1) is 14.8. The summed E-state index contributed by atoms with van der Waals surface area (Å²) in [6, 6.07) is 6.66. The molecule has 0 saturated heterocycles. The van der Waals surface area contributed by atoms with Gasteiger partial charge in [0.1, 0.15) is 4.99 Å². The summed E-state index contributed by atoms with van der Waals surface area (Å²) >= 11 is 8.54. The van der Waals surface area contributed by atoms with E-state index >= 15 is 0 Å². The fourth-order valence-corrected chi connectivity index (χ4v) is 3.76. The van der Waals surface area contributed by atoms with Gasteiger partial charge in [-0.3, -0.25) is 0 Å². The second-order valence-electron chi connectivity index (χ2n) is 6.16. The second-order valence-corrected chi connectivity index (χ2v) is 7.45. The third-order valence-electron chi connectivity index (χ3n) is 3.81. The number of benzene rings is 1. The van der Waals surface area contributed by atoms with Crippen molar-refractivity contribution in [2.45, 2.75) is 45.6 Å². The number of hydrogen-bond donors (Lipinski definition) is 2. The highest BCUT2D eigenvalue weighted by Crippen LogP contribution is 2.36. The van der Waals surface area contributed by atoms with E-state index in [-0.39, 0.29) is 0 Å². The third kappa shape index (κ3) is 3.93. The lowest BCUT2D eigenvalue weighted by Gasteiger charge is -2.36. The molecule has 104 valence electrons. The Bertz CT molecular complexity index is 485. The number of anilines is 1. The van der Waals surface area contributed by atoms with Crippen LogP contribution in [-0.4, -0.2) is 11.0 Å². The molecule has 1 atom stereocenters. The van der Waals surface area contributed by atoms with Crippen LogP contribution in [0.15, 0.2) is 22.7 Å². The lowest BCUT2D eigenvalue weighted by molar-refractivity contribution is 0.229. The van der Waals surface area contributed by atoms with Crippen LogP contribution in [0.3, 0.4) is 0 Å². The minimum absolute atomic E-state index is 0.428. The van der Waals surface area contributed by atoms with Crippen molar-refractivity contribution >= 4 is 38.8 Å². The molecule has 2 nitrogen and oxygen atoms in total. The number of nitrogens with one attached hydrogen (secondary N) is 1. The van der Waals surface area contributed by atoms with E-state index in [2.05, 4.69) is 47.2 Å². The van der Waals surface area contributed by atoms with E-state index in [4.69, 9.17) is 18.0 Å². The minimum Gasteiger partial charge on any atom is -0.389 e. The summed E-state index contributed by atoms with van der Waals surface area (Å²) in [4.78, 5) is 0.428. The molecule has 3 N–H and O–H groups in total. The molecule has 0 heterocycles. The van der Waals surface area contributed by atoms with Crippen molar-refractivity contribution in [3.8, 4) is 0 Å². The molecular weight excluding hydrogens is 320 g/mol. The molecule has 1 aliphatic rings. The molecule has 0 amide bonds.